The molecule has 10 heteroatoms. The van der Waals surface area contributed by atoms with Gasteiger partial charge in [-0.15, -0.1) is 0 Å². The molecule has 0 aliphatic heterocycles. The molecule has 0 fully saturated rings. The quantitative estimate of drug-likeness (QED) is 0.325. The number of sulfonamides is 1. The highest BCUT2D eigenvalue weighted by Crippen LogP contribution is 2.20. The van der Waals surface area contributed by atoms with E-state index in [9.17, 15) is 23.1 Å². The first-order valence-corrected chi connectivity index (χ1v) is 11.9. The van der Waals surface area contributed by atoms with E-state index in [0.717, 1.165) is 8.78 Å². The summed E-state index contributed by atoms with van der Waals surface area (Å²) >= 11 is 3.28. The van der Waals surface area contributed by atoms with Crippen LogP contribution in [0.4, 0.5) is 0 Å². The van der Waals surface area contributed by atoms with Crippen LogP contribution in [-0.4, -0.2) is 42.5 Å². The molecule has 33 heavy (non-hydrogen) atoms. The maximum atomic E-state index is 13.2. The van der Waals surface area contributed by atoms with E-state index in [1.807, 2.05) is 6.07 Å². The van der Waals surface area contributed by atoms with Crippen LogP contribution in [0.15, 0.2) is 93.3 Å². The Morgan fingerprint density at radius 2 is 1.61 bits per heavy atom. The van der Waals surface area contributed by atoms with Crippen LogP contribution < -0.4 is 5.43 Å². The second kappa shape index (κ2) is 11.0. The average molecular weight is 530 g/mol. The van der Waals surface area contributed by atoms with Gasteiger partial charge in [-0.3, -0.25) is 4.79 Å². The standard InChI is InChI=1S/C23H20BrN3O5S/c24-19-10-12-20(13-11-19)33(31,32)27(15-17-6-2-1-3-7-17)16-22(28)26-25-14-18-8-4-5-9-21(18)23(29)30/h1-14H,15-16H2,(H,26,28)(H,29,30). The average Bonchev–Trinajstić information content (AvgIpc) is 2.80. The third-order valence-electron chi connectivity index (χ3n) is 4.56. The van der Waals surface area contributed by atoms with Crippen molar-refractivity contribution in [2.45, 2.75) is 11.4 Å². The van der Waals surface area contributed by atoms with Crippen LogP contribution in [0.3, 0.4) is 0 Å². The zero-order valence-electron chi connectivity index (χ0n) is 17.3. The molecule has 3 aromatic carbocycles. The minimum absolute atomic E-state index is 0.0157. The third kappa shape index (κ3) is 6.58. The number of carbonyl (C=O) groups is 2. The van der Waals surface area contributed by atoms with Gasteiger partial charge >= 0.3 is 5.97 Å². The van der Waals surface area contributed by atoms with Crippen LogP contribution in [0, 0.1) is 0 Å². The lowest BCUT2D eigenvalue weighted by Gasteiger charge is -2.21. The number of nitrogens with zero attached hydrogens (tertiary/aromatic N) is 2. The molecular formula is C23H20BrN3O5S. The summed E-state index contributed by atoms with van der Waals surface area (Å²) in [4.78, 5) is 23.9. The molecule has 8 nitrogen and oxygen atoms in total. The zero-order chi connectivity index (χ0) is 23.8. The second-order valence-electron chi connectivity index (χ2n) is 6.90. The van der Waals surface area contributed by atoms with E-state index in [4.69, 9.17) is 0 Å². The van der Waals surface area contributed by atoms with Crippen molar-refractivity contribution in [3.8, 4) is 0 Å². The topological polar surface area (TPSA) is 116 Å². The maximum absolute atomic E-state index is 13.2. The van der Waals surface area contributed by atoms with E-state index in [-0.39, 0.29) is 17.0 Å². The Morgan fingerprint density at radius 3 is 2.27 bits per heavy atom. The van der Waals surface area contributed by atoms with Gasteiger partial charge in [0.2, 0.25) is 10.0 Å². The number of hydrogen-bond donors (Lipinski definition) is 2. The highest BCUT2D eigenvalue weighted by molar-refractivity contribution is 9.10. The largest absolute Gasteiger partial charge is 0.478 e. The van der Waals surface area contributed by atoms with Crippen molar-refractivity contribution in [3.05, 3.63) is 100 Å². The molecule has 0 heterocycles. The number of aromatic carboxylic acids is 1. The molecule has 0 aromatic heterocycles. The Morgan fingerprint density at radius 1 is 0.970 bits per heavy atom. The Balaban J connectivity index is 1.79. The number of carbonyl (C=O) groups excluding carboxylic acids is 1. The molecule has 3 rings (SSSR count). The predicted molar refractivity (Wildman–Crippen MR) is 127 cm³/mol. The lowest BCUT2D eigenvalue weighted by Crippen LogP contribution is -2.39. The molecule has 0 saturated heterocycles. The highest BCUT2D eigenvalue weighted by Gasteiger charge is 2.27. The Kier molecular flexibility index (Phi) is 8.10. The zero-order valence-corrected chi connectivity index (χ0v) is 19.7. The highest BCUT2D eigenvalue weighted by atomic mass is 79.9. The molecule has 0 spiro atoms. The molecule has 0 aliphatic carbocycles. The van der Waals surface area contributed by atoms with E-state index < -0.39 is 28.4 Å². The monoisotopic (exact) mass is 529 g/mol. The van der Waals surface area contributed by atoms with Crippen LogP contribution in [0.1, 0.15) is 21.5 Å². The van der Waals surface area contributed by atoms with Gasteiger partial charge in [0, 0.05) is 16.6 Å². The van der Waals surface area contributed by atoms with Gasteiger partial charge in [0.15, 0.2) is 0 Å². The normalized spacial score (nSPS) is 11.6. The van der Waals surface area contributed by atoms with Gasteiger partial charge in [-0.25, -0.2) is 18.6 Å². The van der Waals surface area contributed by atoms with Gasteiger partial charge in [0.25, 0.3) is 5.91 Å². The van der Waals surface area contributed by atoms with Crippen LogP contribution in [0.25, 0.3) is 0 Å². The van der Waals surface area contributed by atoms with Crippen molar-refractivity contribution in [3.63, 3.8) is 0 Å². The first kappa shape index (κ1) is 24.3. The minimum Gasteiger partial charge on any atom is -0.478 e. The summed E-state index contributed by atoms with van der Waals surface area (Å²) in [5.74, 6) is -1.80. The molecule has 0 unspecified atom stereocenters. The molecule has 0 atom stereocenters. The smallest absolute Gasteiger partial charge is 0.336 e. The van der Waals surface area contributed by atoms with Crippen molar-refractivity contribution < 1.29 is 23.1 Å². The Hall–Kier alpha value is -3.34. The van der Waals surface area contributed by atoms with Gasteiger partial charge < -0.3 is 5.11 Å². The second-order valence-corrected chi connectivity index (χ2v) is 9.75. The summed E-state index contributed by atoms with van der Waals surface area (Å²) in [5.41, 5.74) is 3.31. The van der Waals surface area contributed by atoms with Crippen LogP contribution in [0.5, 0.6) is 0 Å². The molecule has 0 saturated carbocycles. The molecular weight excluding hydrogens is 510 g/mol. The number of rotatable bonds is 9. The summed E-state index contributed by atoms with van der Waals surface area (Å²) in [7, 11) is -3.98. The fraction of sp³-hybridized carbons (Fsp3) is 0.0870. The predicted octanol–water partition coefficient (Wildman–Crippen LogP) is 3.49. The summed E-state index contributed by atoms with van der Waals surface area (Å²) in [6.07, 6.45) is 1.20. The van der Waals surface area contributed by atoms with Gasteiger partial charge in [0.1, 0.15) is 0 Å². The van der Waals surface area contributed by atoms with E-state index >= 15 is 0 Å². The van der Waals surface area contributed by atoms with Crippen molar-refractivity contribution in [1.29, 1.82) is 0 Å². The van der Waals surface area contributed by atoms with Crippen LogP contribution in [0.2, 0.25) is 0 Å². The van der Waals surface area contributed by atoms with Crippen LogP contribution in [-0.2, 0) is 21.4 Å². The lowest BCUT2D eigenvalue weighted by atomic mass is 10.1. The van der Waals surface area contributed by atoms with Crippen LogP contribution >= 0.6 is 15.9 Å². The molecule has 0 bridgehead atoms. The fourth-order valence-electron chi connectivity index (χ4n) is 2.94. The summed E-state index contributed by atoms with van der Waals surface area (Å²) in [6.45, 7) is -0.497. The van der Waals surface area contributed by atoms with Gasteiger partial charge in [-0.1, -0.05) is 64.5 Å². The number of amides is 1. The van der Waals surface area contributed by atoms with Crippen molar-refractivity contribution in [2.75, 3.05) is 6.54 Å². The number of benzene rings is 3. The van der Waals surface area contributed by atoms with Gasteiger partial charge in [-0.05, 0) is 35.9 Å². The summed E-state index contributed by atoms with van der Waals surface area (Å²) in [5, 5.41) is 13.0. The number of hydrazone groups is 1. The summed E-state index contributed by atoms with van der Waals surface area (Å²) in [6, 6.07) is 21.2. The SMILES string of the molecule is O=C(CN(Cc1ccccc1)S(=O)(=O)c1ccc(Br)cc1)NN=Cc1ccccc1C(=O)O. The fourth-order valence-corrected chi connectivity index (χ4v) is 4.59. The van der Waals surface area contributed by atoms with Gasteiger partial charge in [-0.2, -0.15) is 9.41 Å². The van der Waals surface area contributed by atoms with Crippen molar-refractivity contribution in [1.82, 2.24) is 9.73 Å². The molecule has 2 N–H and O–H groups in total. The Labute approximate surface area is 199 Å². The van der Waals surface area contributed by atoms with E-state index in [1.54, 1.807) is 54.6 Å². The molecule has 170 valence electrons. The summed E-state index contributed by atoms with van der Waals surface area (Å²) < 4.78 is 28.2. The third-order valence-corrected chi connectivity index (χ3v) is 6.89. The molecule has 0 radical (unpaired) electrons. The van der Waals surface area contributed by atoms with E-state index in [1.165, 1.54) is 24.4 Å². The molecule has 3 aromatic rings. The maximum Gasteiger partial charge on any atom is 0.336 e. The first-order chi connectivity index (χ1) is 15.8. The van der Waals surface area contributed by atoms with E-state index in [2.05, 4.69) is 26.5 Å². The number of nitrogens with one attached hydrogen (secondary N) is 1. The number of carboxylic acid groups (broad SMARTS) is 1. The minimum atomic E-state index is -3.98. The number of carboxylic acids is 1. The molecule has 0 aliphatic rings. The number of hydrogen-bond acceptors (Lipinski definition) is 5. The number of halogens is 1. The van der Waals surface area contributed by atoms with Gasteiger partial charge in [0.05, 0.1) is 23.2 Å². The molecule has 1 amide bonds. The first-order valence-electron chi connectivity index (χ1n) is 9.71. The Bertz CT molecular complexity index is 1260. The van der Waals surface area contributed by atoms with Crippen molar-refractivity contribution >= 4 is 44.0 Å². The lowest BCUT2D eigenvalue weighted by molar-refractivity contribution is -0.121. The van der Waals surface area contributed by atoms with Crippen molar-refractivity contribution in [2.24, 2.45) is 5.10 Å². The van der Waals surface area contributed by atoms with E-state index in [0.29, 0.717) is 11.1 Å².